The molecule has 1 N–H and O–H groups in total. The molecule has 0 aliphatic carbocycles. The van der Waals surface area contributed by atoms with E-state index in [0.29, 0.717) is 6.42 Å². The lowest BCUT2D eigenvalue weighted by atomic mass is 9.94. The summed E-state index contributed by atoms with van der Waals surface area (Å²) < 4.78 is 5.98. The smallest absolute Gasteiger partial charge is 0.127 e. The van der Waals surface area contributed by atoms with Crippen molar-refractivity contribution in [3.63, 3.8) is 0 Å². The normalized spacial score (nSPS) is 22.1. The summed E-state index contributed by atoms with van der Waals surface area (Å²) in [5, 5.41) is 10.2. The number of benzene rings is 2. The number of aryl methyl sites for hydroxylation is 1. The van der Waals surface area contributed by atoms with E-state index >= 15 is 0 Å². The zero-order chi connectivity index (χ0) is 12.5. The lowest BCUT2D eigenvalue weighted by Gasteiger charge is -2.30. The molecule has 2 atom stereocenters. The number of aliphatic hydroxyl groups is 1. The van der Waals surface area contributed by atoms with Crippen molar-refractivity contribution < 1.29 is 9.84 Å². The van der Waals surface area contributed by atoms with E-state index in [1.165, 1.54) is 0 Å². The Morgan fingerprint density at radius 2 is 1.89 bits per heavy atom. The fourth-order valence-corrected chi connectivity index (χ4v) is 2.44. The van der Waals surface area contributed by atoms with Crippen molar-refractivity contribution in [3.05, 3.63) is 65.2 Å². The Bertz CT molecular complexity index is 548. The summed E-state index contributed by atoms with van der Waals surface area (Å²) in [5.41, 5.74) is 3.17. The van der Waals surface area contributed by atoms with Gasteiger partial charge in [-0.15, -0.1) is 0 Å². The summed E-state index contributed by atoms with van der Waals surface area (Å²) in [7, 11) is 0. The number of rotatable bonds is 1. The molecule has 1 aliphatic heterocycles. The maximum Gasteiger partial charge on any atom is 0.127 e. The van der Waals surface area contributed by atoms with E-state index in [2.05, 4.69) is 0 Å². The maximum atomic E-state index is 10.2. The minimum Gasteiger partial charge on any atom is -0.485 e. The number of fused-ring (bicyclic) bond motifs is 1. The molecule has 2 aromatic carbocycles. The third-order valence-electron chi connectivity index (χ3n) is 3.40. The SMILES string of the molecule is Cc1ccc2c(c1)[C@H](O)CC(c1ccccc1)O2. The van der Waals surface area contributed by atoms with Crippen LogP contribution in [0.25, 0.3) is 0 Å². The van der Waals surface area contributed by atoms with Crippen LogP contribution >= 0.6 is 0 Å². The van der Waals surface area contributed by atoms with Gasteiger partial charge in [0, 0.05) is 12.0 Å². The molecule has 0 radical (unpaired) electrons. The second kappa shape index (κ2) is 4.46. The molecule has 0 fully saturated rings. The molecule has 0 spiro atoms. The number of ether oxygens (including phenoxy) is 1. The van der Waals surface area contributed by atoms with E-state index in [1.54, 1.807) is 0 Å². The minimum atomic E-state index is -0.446. The number of hydrogen-bond acceptors (Lipinski definition) is 2. The predicted molar refractivity (Wildman–Crippen MR) is 70.6 cm³/mol. The predicted octanol–water partition coefficient (Wildman–Crippen LogP) is 3.55. The van der Waals surface area contributed by atoms with Gasteiger partial charge in [-0.3, -0.25) is 0 Å². The molecule has 1 unspecified atom stereocenters. The van der Waals surface area contributed by atoms with Gasteiger partial charge in [0.2, 0.25) is 0 Å². The monoisotopic (exact) mass is 240 g/mol. The largest absolute Gasteiger partial charge is 0.485 e. The van der Waals surface area contributed by atoms with Crippen LogP contribution in [0.1, 0.15) is 35.3 Å². The van der Waals surface area contributed by atoms with Gasteiger partial charge in [-0.2, -0.15) is 0 Å². The molecule has 2 nitrogen and oxygen atoms in total. The van der Waals surface area contributed by atoms with Crippen molar-refractivity contribution in [1.29, 1.82) is 0 Å². The van der Waals surface area contributed by atoms with Crippen molar-refractivity contribution in [2.24, 2.45) is 0 Å². The van der Waals surface area contributed by atoms with Crippen LogP contribution in [0.3, 0.4) is 0 Å². The molecule has 0 amide bonds. The summed E-state index contributed by atoms with van der Waals surface area (Å²) in [6.07, 6.45) is 0.107. The topological polar surface area (TPSA) is 29.5 Å². The Hall–Kier alpha value is -1.80. The quantitative estimate of drug-likeness (QED) is 0.826. The first-order valence-corrected chi connectivity index (χ1v) is 6.24. The van der Waals surface area contributed by atoms with Crippen LogP contribution in [0.4, 0.5) is 0 Å². The third kappa shape index (κ3) is 2.00. The molecule has 0 saturated carbocycles. The van der Waals surface area contributed by atoms with E-state index < -0.39 is 6.10 Å². The average molecular weight is 240 g/mol. The van der Waals surface area contributed by atoms with Crippen LogP contribution < -0.4 is 4.74 Å². The van der Waals surface area contributed by atoms with Crippen LogP contribution in [-0.2, 0) is 0 Å². The molecule has 2 aromatic rings. The molecule has 1 heterocycles. The number of aliphatic hydroxyl groups excluding tert-OH is 1. The molecule has 0 bridgehead atoms. The molecule has 2 heteroatoms. The fraction of sp³-hybridized carbons (Fsp3) is 0.250. The van der Waals surface area contributed by atoms with Gasteiger partial charge < -0.3 is 9.84 Å². The van der Waals surface area contributed by atoms with Crippen molar-refractivity contribution in [1.82, 2.24) is 0 Å². The van der Waals surface area contributed by atoms with E-state index in [1.807, 2.05) is 55.5 Å². The van der Waals surface area contributed by atoms with Gasteiger partial charge in [0.15, 0.2) is 0 Å². The van der Waals surface area contributed by atoms with Crippen LogP contribution in [0.15, 0.2) is 48.5 Å². The average Bonchev–Trinajstić information content (AvgIpc) is 2.40. The van der Waals surface area contributed by atoms with Crippen LogP contribution in [0, 0.1) is 6.92 Å². The van der Waals surface area contributed by atoms with Crippen LogP contribution in [0.2, 0.25) is 0 Å². The van der Waals surface area contributed by atoms with Gasteiger partial charge in [-0.1, -0.05) is 42.0 Å². The molecule has 3 rings (SSSR count). The molecule has 0 saturated heterocycles. The second-order valence-electron chi connectivity index (χ2n) is 4.81. The van der Waals surface area contributed by atoms with Crippen molar-refractivity contribution in [3.8, 4) is 5.75 Å². The molecular formula is C16H16O2. The van der Waals surface area contributed by atoms with Crippen LogP contribution in [-0.4, -0.2) is 5.11 Å². The summed E-state index contributed by atoms with van der Waals surface area (Å²) >= 11 is 0. The summed E-state index contributed by atoms with van der Waals surface area (Å²) in [6, 6.07) is 16.0. The highest BCUT2D eigenvalue weighted by Gasteiger charge is 2.27. The Labute approximate surface area is 107 Å². The van der Waals surface area contributed by atoms with E-state index in [9.17, 15) is 5.11 Å². The molecule has 0 aromatic heterocycles. The Kier molecular flexibility index (Phi) is 2.80. The zero-order valence-electron chi connectivity index (χ0n) is 10.3. The summed E-state index contributed by atoms with van der Waals surface area (Å²) in [4.78, 5) is 0. The highest BCUT2D eigenvalue weighted by molar-refractivity contribution is 5.41. The van der Waals surface area contributed by atoms with Gasteiger partial charge in [-0.05, 0) is 24.6 Å². The zero-order valence-corrected chi connectivity index (χ0v) is 10.3. The van der Waals surface area contributed by atoms with Gasteiger partial charge in [0.1, 0.15) is 11.9 Å². The Balaban J connectivity index is 1.95. The Morgan fingerprint density at radius 3 is 2.67 bits per heavy atom. The maximum absolute atomic E-state index is 10.2. The highest BCUT2D eigenvalue weighted by Crippen LogP contribution is 2.40. The Morgan fingerprint density at radius 1 is 1.11 bits per heavy atom. The third-order valence-corrected chi connectivity index (χ3v) is 3.40. The van der Waals surface area contributed by atoms with Crippen molar-refractivity contribution in [2.75, 3.05) is 0 Å². The second-order valence-corrected chi connectivity index (χ2v) is 4.81. The molecular weight excluding hydrogens is 224 g/mol. The van der Waals surface area contributed by atoms with Crippen molar-refractivity contribution >= 4 is 0 Å². The highest BCUT2D eigenvalue weighted by atomic mass is 16.5. The lowest BCUT2D eigenvalue weighted by Crippen LogP contribution is -2.19. The molecule has 1 aliphatic rings. The molecule has 18 heavy (non-hydrogen) atoms. The number of hydrogen-bond donors (Lipinski definition) is 1. The minimum absolute atomic E-state index is 0.0589. The van der Waals surface area contributed by atoms with Gasteiger partial charge in [-0.25, -0.2) is 0 Å². The van der Waals surface area contributed by atoms with E-state index in [4.69, 9.17) is 4.74 Å². The first kappa shape index (κ1) is 11.3. The first-order valence-electron chi connectivity index (χ1n) is 6.24. The molecule has 92 valence electrons. The standard InChI is InChI=1S/C16H16O2/c1-11-7-8-15-13(9-11)14(17)10-16(18-15)12-5-3-2-4-6-12/h2-9,14,16-17H,10H2,1H3/t14-,16?/m1/s1. The van der Waals surface area contributed by atoms with Gasteiger partial charge in [0.05, 0.1) is 6.10 Å². The fourth-order valence-electron chi connectivity index (χ4n) is 2.44. The van der Waals surface area contributed by atoms with Crippen molar-refractivity contribution in [2.45, 2.75) is 25.6 Å². The first-order chi connectivity index (χ1) is 8.74. The van der Waals surface area contributed by atoms with E-state index in [-0.39, 0.29) is 6.10 Å². The summed E-state index contributed by atoms with van der Waals surface area (Å²) in [6.45, 7) is 2.02. The van der Waals surface area contributed by atoms with Crippen LogP contribution in [0.5, 0.6) is 5.75 Å². The summed E-state index contributed by atoms with van der Waals surface area (Å²) in [5.74, 6) is 0.799. The van der Waals surface area contributed by atoms with Gasteiger partial charge >= 0.3 is 0 Å². The van der Waals surface area contributed by atoms with Gasteiger partial charge in [0.25, 0.3) is 0 Å². The lowest BCUT2D eigenvalue weighted by molar-refractivity contribution is 0.0657. The van der Waals surface area contributed by atoms with E-state index in [0.717, 1.165) is 22.4 Å².